The van der Waals surface area contributed by atoms with Gasteiger partial charge in [0.1, 0.15) is 5.82 Å². The molecule has 0 amide bonds. The Bertz CT molecular complexity index is 370. The van der Waals surface area contributed by atoms with Gasteiger partial charge < -0.3 is 0 Å². The number of nitrogens with zero attached hydrogens (tertiary/aromatic N) is 1. The number of nitriles is 1. The predicted molar refractivity (Wildman–Crippen MR) is 50.6 cm³/mol. The van der Waals surface area contributed by atoms with Crippen LogP contribution in [0.2, 0.25) is 0 Å². The highest BCUT2D eigenvalue weighted by Gasteiger charge is 2.01. The van der Waals surface area contributed by atoms with E-state index in [2.05, 4.69) is 0 Å². The zero-order chi connectivity index (χ0) is 9.84. The Kier molecular flexibility index (Phi) is 3.05. The van der Waals surface area contributed by atoms with E-state index in [0.717, 1.165) is 5.56 Å². The highest BCUT2D eigenvalue weighted by molar-refractivity contribution is 6.49. The summed E-state index contributed by atoms with van der Waals surface area (Å²) < 4.78 is 12.9. The van der Waals surface area contributed by atoms with Crippen molar-refractivity contribution >= 4 is 16.6 Å². The number of aryl methyl sites for hydroxylation is 1. The Morgan fingerprint density at radius 3 is 2.77 bits per heavy atom. The topological polar surface area (TPSA) is 23.8 Å². The molecule has 66 valence electrons. The highest BCUT2D eigenvalue weighted by atomic mass is 35.5. The Labute approximate surface area is 81.1 Å². The van der Waals surface area contributed by atoms with E-state index < -0.39 is 0 Å². The Hall–Kier alpha value is -1.33. The summed E-state index contributed by atoms with van der Waals surface area (Å²) >= 11 is 5.72. The van der Waals surface area contributed by atoms with Gasteiger partial charge in [-0.3, -0.25) is 0 Å². The van der Waals surface area contributed by atoms with Crippen LogP contribution in [0.5, 0.6) is 0 Å². The third kappa shape index (κ3) is 2.57. The number of hydrogen-bond acceptors (Lipinski definition) is 1. The lowest BCUT2D eigenvalue weighted by Crippen LogP contribution is -1.83. The van der Waals surface area contributed by atoms with E-state index in [1.807, 2.05) is 0 Å². The molecule has 0 radical (unpaired) electrons. The number of rotatable bonds is 1. The molecule has 0 saturated carbocycles. The van der Waals surface area contributed by atoms with Crippen molar-refractivity contribution in [2.75, 3.05) is 0 Å². The number of benzene rings is 1. The van der Waals surface area contributed by atoms with E-state index in [4.69, 9.17) is 16.9 Å². The van der Waals surface area contributed by atoms with Gasteiger partial charge in [-0.15, -0.1) is 0 Å². The summed E-state index contributed by atoms with van der Waals surface area (Å²) in [5.74, 6) is -0.348. The Morgan fingerprint density at radius 1 is 1.54 bits per heavy atom. The molecule has 0 aliphatic heterocycles. The van der Waals surface area contributed by atoms with Crippen LogP contribution >= 0.6 is 11.6 Å². The van der Waals surface area contributed by atoms with E-state index in [9.17, 15) is 4.39 Å². The summed E-state index contributed by atoms with van der Waals surface area (Å²) in [5.41, 5.74) is 1.31. The van der Waals surface area contributed by atoms with Gasteiger partial charge in [-0.1, -0.05) is 17.7 Å². The molecule has 13 heavy (non-hydrogen) atoms. The smallest absolute Gasteiger partial charge is 0.124 e. The van der Waals surface area contributed by atoms with Gasteiger partial charge in [0.25, 0.3) is 0 Å². The van der Waals surface area contributed by atoms with Crippen LogP contribution in [0.3, 0.4) is 0 Å². The SMILES string of the molecule is Cc1cc(F)cc(/C(Cl)=C/C#N)c1. The minimum Gasteiger partial charge on any atom is -0.207 e. The fourth-order valence-electron chi connectivity index (χ4n) is 1.01. The van der Waals surface area contributed by atoms with Crippen LogP contribution in [-0.4, -0.2) is 0 Å². The molecule has 0 heterocycles. The molecular formula is C10H7ClFN. The van der Waals surface area contributed by atoms with Crippen molar-refractivity contribution in [3.8, 4) is 6.07 Å². The van der Waals surface area contributed by atoms with Crippen LogP contribution in [-0.2, 0) is 0 Å². The van der Waals surface area contributed by atoms with Crippen molar-refractivity contribution in [1.29, 1.82) is 5.26 Å². The monoisotopic (exact) mass is 195 g/mol. The first-order chi connectivity index (χ1) is 6.13. The first-order valence-corrected chi connectivity index (χ1v) is 4.04. The van der Waals surface area contributed by atoms with Gasteiger partial charge >= 0.3 is 0 Å². The summed E-state index contributed by atoms with van der Waals surface area (Å²) in [4.78, 5) is 0. The normalized spacial score (nSPS) is 11.1. The molecule has 0 aliphatic rings. The molecule has 1 aromatic rings. The molecule has 1 aromatic carbocycles. The molecule has 0 aliphatic carbocycles. The molecule has 0 atom stereocenters. The lowest BCUT2D eigenvalue weighted by molar-refractivity contribution is 0.626. The first-order valence-electron chi connectivity index (χ1n) is 3.66. The highest BCUT2D eigenvalue weighted by Crippen LogP contribution is 2.20. The van der Waals surface area contributed by atoms with Crippen LogP contribution in [0.4, 0.5) is 4.39 Å². The number of allylic oxidation sites excluding steroid dienone is 1. The zero-order valence-electron chi connectivity index (χ0n) is 7.01. The van der Waals surface area contributed by atoms with Gasteiger partial charge in [-0.2, -0.15) is 5.26 Å². The fourth-order valence-corrected chi connectivity index (χ4v) is 1.17. The third-order valence-corrected chi connectivity index (χ3v) is 1.84. The molecule has 0 bridgehead atoms. The van der Waals surface area contributed by atoms with E-state index in [0.29, 0.717) is 5.56 Å². The van der Waals surface area contributed by atoms with Crippen LogP contribution < -0.4 is 0 Å². The first kappa shape index (κ1) is 9.76. The molecule has 0 saturated heterocycles. The van der Waals surface area contributed by atoms with Crippen molar-refractivity contribution < 1.29 is 4.39 Å². The van der Waals surface area contributed by atoms with Crippen molar-refractivity contribution in [3.05, 3.63) is 41.2 Å². The summed E-state index contributed by atoms with van der Waals surface area (Å²) in [7, 11) is 0. The molecule has 0 N–H and O–H groups in total. The Balaban J connectivity index is 3.17. The van der Waals surface area contributed by atoms with Crippen molar-refractivity contribution in [2.45, 2.75) is 6.92 Å². The number of halogens is 2. The molecule has 1 nitrogen and oxygen atoms in total. The largest absolute Gasteiger partial charge is 0.207 e. The molecular weight excluding hydrogens is 189 g/mol. The van der Waals surface area contributed by atoms with E-state index in [-0.39, 0.29) is 10.8 Å². The van der Waals surface area contributed by atoms with Crippen molar-refractivity contribution in [2.24, 2.45) is 0 Å². The van der Waals surface area contributed by atoms with Crippen molar-refractivity contribution in [3.63, 3.8) is 0 Å². The second-order valence-corrected chi connectivity index (χ2v) is 3.05. The van der Waals surface area contributed by atoms with Gasteiger partial charge in [0.15, 0.2) is 0 Å². The molecule has 1 rings (SSSR count). The predicted octanol–water partition coefficient (Wildman–Crippen LogP) is 3.24. The standard InChI is InChI=1S/C10H7ClFN/c1-7-4-8(6-9(12)5-7)10(11)2-3-13/h2,4-6H,1H3/b10-2-. The van der Waals surface area contributed by atoms with Crippen LogP contribution in [0, 0.1) is 24.1 Å². The van der Waals surface area contributed by atoms with E-state index in [1.165, 1.54) is 18.2 Å². The van der Waals surface area contributed by atoms with E-state index >= 15 is 0 Å². The van der Waals surface area contributed by atoms with Crippen LogP contribution in [0.1, 0.15) is 11.1 Å². The quantitative estimate of drug-likeness (QED) is 0.631. The van der Waals surface area contributed by atoms with Gasteiger partial charge in [-0.25, -0.2) is 4.39 Å². The second kappa shape index (κ2) is 4.06. The van der Waals surface area contributed by atoms with Crippen molar-refractivity contribution in [1.82, 2.24) is 0 Å². The minimum atomic E-state index is -0.348. The zero-order valence-corrected chi connectivity index (χ0v) is 7.77. The lowest BCUT2D eigenvalue weighted by atomic mass is 10.1. The maximum absolute atomic E-state index is 12.9. The second-order valence-electron chi connectivity index (χ2n) is 2.64. The Morgan fingerprint density at radius 2 is 2.23 bits per heavy atom. The average Bonchev–Trinajstić information content (AvgIpc) is 2.03. The molecule has 3 heteroatoms. The molecule has 0 spiro atoms. The maximum Gasteiger partial charge on any atom is 0.124 e. The lowest BCUT2D eigenvalue weighted by Gasteiger charge is -2.00. The summed E-state index contributed by atoms with van der Waals surface area (Å²) in [6, 6.07) is 6.21. The summed E-state index contributed by atoms with van der Waals surface area (Å²) in [6.45, 7) is 1.77. The fraction of sp³-hybridized carbons (Fsp3) is 0.100. The molecule has 0 unspecified atom stereocenters. The van der Waals surface area contributed by atoms with Crippen LogP contribution in [0.15, 0.2) is 24.3 Å². The van der Waals surface area contributed by atoms with Gasteiger partial charge in [0.2, 0.25) is 0 Å². The average molecular weight is 196 g/mol. The minimum absolute atomic E-state index is 0.255. The summed E-state index contributed by atoms with van der Waals surface area (Å²) in [6.07, 6.45) is 1.18. The third-order valence-electron chi connectivity index (χ3n) is 1.51. The van der Waals surface area contributed by atoms with E-state index in [1.54, 1.807) is 19.1 Å². The number of hydrogen-bond donors (Lipinski definition) is 0. The molecule has 0 aromatic heterocycles. The molecule has 0 fully saturated rings. The maximum atomic E-state index is 12.9. The van der Waals surface area contributed by atoms with Gasteiger partial charge in [0, 0.05) is 6.08 Å². The van der Waals surface area contributed by atoms with Crippen LogP contribution in [0.25, 0.3) is 5.03 Å². The summed E-state index contributed by atoms with van der Waals surface area (Å²) in [5, 5.41) is 8.59. The van der Waals surface area contributed by atoms with Gasteiger partial charge in [-0.05, 0) is 30.2 Å². The van der Waals surface area contributed by atoms with Gasteiger partial charge in [0.05, 0.1) is 11.1 Å².